The minimum Gasteiger partial charge on any atom is -0.350 e. The third kappa shape index (κ3) is 4.49. The lowest BCUT2D eigenvalue weighted by Crippen LogP contribution is -2.40. The Labute approximate surface area is 157 Å². The van der Waals surface area contributed by atoms with E-state index < -0.39 is 0 Å². The number of nitrogens with zero attached hydrogens (tertiary/aromatic N) is 1. The Balaban J connectivity index is 1.57. The maximum absolute atomic E-state index is 12.9. The summed E-state index contributed by atoms with van der Waals surface area (Å²) in [4.78, 5) is 28.6. The van der Waals surface area contributed by atoms with Crippen LogP contribution in [0, 0.1) is 5.82 Å². The monoisotopic (exact) mass is 374 g/mol. The molecule has 6 heteroatoms. The van der Waals surface area contributed by atoms with E-state index in [1.54, 1.807) is 28.4 Å². The molecule has 1 N–H and O–H groups in total. The second kappa shape index (κ2) is 8.45. The number of nitrogens with one attached hydrogen (secondary N) is 1. The fraction of sp³-hybridized carbons (Fsp3) is 0.400. The summed E-state index contributed by atoms with van der Waals surface area (Å²) in [5.74, 6) is -0.601. The molecule has 138 valence electrons. The number of aryl methyl sites for hydroxylation is 2. The molecule has 1 aliphatic rings. The molecule has 0 saturated carbocycles. The van der Waals surface area contributed by atoms with Gasteiger partial charge in [-0.05, 0) is 61.9 Å². The number of rotatable bonds is 6. The zero-order valence-electron chi connectivity index (χ0n) is 14.9. The molecule has 0 spiro atoms. The molecule has 0 saturated heterocycles. The van der Waals surface area contributed by atoms with Gasteiger partial charge >= 0.3 is 0 Å². The van der Waals surface area contributed by atoms with Crippen LogP contribution in [0.25, 0.3) is 0 Å². The summed E-state index contributed by atoms with van der Waals surface area (Å²) in [6.45, 7) is 2.70. The van der Waals surface area contributed by atoms with Crippen molar-refractivity contribution in [1.29, 1.82) is 0 Å². The Morgan fingerprint density at radius 1 is 1.19 bits per heavy atom. The van der Waals surface area contributed by atoms with Gasteiger partial charge in [0.2, 0.25) is 5.91 Å². The van der Waals surface area contributed by atoms with E-state index in [9.17, 15) is 14.0 Å². The minimum atomic E-state index is -0.304. The molecule has 2 amide bonds. The highest BCUT2D eigenvalue weighted by molar-refractivity contribution is 7.14. The van der Waals surface area contributed by atoms with Crippen molar-refractivity contribution in [3.8, 4) is 0 Å². The maximum atomic E-state index is 12.9. The van der Waals surface area contributed by atoms with Crippen LogP contribution in [-0.2, 0) is 24.2 Å². The number of thiophene rings is 1. The molecule has 0 fully saturated rings. The van der Waals surface area contributed by atoms with E-state index in [2.05, 4.69) is 5.32 Å². The van der Waals surface area contributed by atoms with Crippen molar-refractivity contribution in [2.45, 2.75) is 39.2 Å². The number of likely N-dealkylation sites (N-methyl/N-ethyl adjacent to an activating group) is 1. The number of fused-ring (bicyclic) bond motifs is 1. The second-order valence-electron chi connectivity index (χ2n) is 6.49. The van der Waals surface area contributed by atoms with Crippen molar-refractivity contribution in [2.75, 3.05) is 13.1 Å². The van der Waals surface area contributed by atoms with Gasteiger partial charge in [-0.2, -0.15) is 0 Å². The van der Waals surface area contributed by atoms with E-state index in [0.717, 1.165) is 23.3 Å². The summed E-state index contributed by atoms with van der Waals surface area (Å²) in [5, 5.41) is 2.79. The van der Waals surface area contributed by atoms with Crippen LogP contribution in [-0.4, -0.2) is 29.8 Å². The van der Waals surface area contributed by atoms with Crippen molar-refractivity contribution in [3.05, 3.63) is 57.0 Å². The minimum absolute atomic E-state index is 0.0269. The molecule has 1 aromatic heterocycles. The van der Waals surface area contributed by atoms with Gasteiger partial charge in [0.05, 0.1) is 11.4 Å². The Morgan fingerprint density at radius 3 is 2.62 bits per heavy atom. The van der Waals surface area contributed by atoms with E-state index in [4.69, 9.17) is 0 Å². The molecule has 0 radical (unpaired) electrons. The molecule has 26 heavy (non-hydrogen) atoms. The Kier molecular flexibility index (Phi) is 6.04. The first-order valence-corrected chi connectivity index (χ1v) is 9.80. The molecule has 1 aromatic carbocycles. The van der Waals surface area contributed by atoms with Gasteiger partial charge < -0.3 is 10.2 Å². The standard InChI is InChI=1S/C20H23FN2O2S/c1-2-23(13-19(24)22-12-14-7-9-16(21)10-8-14)20(25)18-11-15-5-3-4-6-17(15)26-18/h7-11H,2-6,12-13H2,1H3,(H,22,24). The maximum Gasteiger partial charge on any atom is 0.264 e. The van der Waals surface area contributed by atoms with Gasteiger partial charge in [0.15, 0.2) is 0 Å². The lowest BCUT2D eigenvalue weighted by atomic mass is 9.99. The Bertz CT molecular complexity index is 762. The number of amides is 2. The van der Waals surface area contributed by atoms with Crippen LogP contribution in [0.3, 0.4) is 0 Å². The highest BCUT2D eigenvalue weighted by atomic mass is 32.1. The van der Waals surface area contributed by atoms with Crippen molar-refractivity contribution >= 4 is 23.2 Å². The van der Waals surface area contributed by atoms with Gasteiger partial charge in [0, 0.05) is 18.0 Å². The number of halogens is 1. The van der Waals surface area contributed by atoms with Crippen LogP contribution in [0.15, 0.2) is 30.3 Å². The molecule has 1 heterocycles. The molecule has 1 aliphatic carbocycles. The van der Waals surface area contributed by atoms with Crippen LogP contribution in [0.5, 0.6) is 0 Å². The molecule has 4 nitrogen and oxygen atoms in total. The van der Waals surface area contributed by atoms with Gasteiger partial charge in [0.25, 0.3) is 5.91 Å². The molecule has 2 aromatic rings. The molecule has 0 bridgehead atoms. The number of carbonyl (C=O) groups excluding carboxylic acids is 2. The molecular weight excluding hydrogens is 351 g/mol. The SMILES string of the molecule is CCN(CC(=O)NCc1ccc(F)cc1)C(=O)c1cc2c(s1)CCCC2. The third-order valence-electron chi connectivity index (χ3n) is 4.61. The highest BCUT2D eigenvalue weighted by Gasteiger charge is 2.22. The van der Waals surface area contributed by atoms with Gasteiger partial charge in [-0.1, -0.05) is 12.1 Å². The average molecular weight is 374 g/mol. The van der Waals surface area contributed by atoms with Gasteiger partial charge in [0.1, 0.15) is 5.82 Å². The van der Waals surface area contributed by atoms with Crippen LogP contribution in [0.4, 0.5) is 4.39 Å². The van der Waals surface area contributed by atoms with Crippen LogP contribution in [0.2, 0.25) is 0 Å². The molecule has 0 atom stereocenters. The van der Waals surface area contributed by atoms with Crippen LogP contribution >= 0.6 is 11.3 Å². The smallest absolute Gasteiger partial charge is 0.264 e. The van der Waals surface area contributed by atoms with E-state index in [0.29, 0.717) is 13.1 Å². The molecular formula is C20H23FN2O2S. The molecule has 0 aliphatic heterocycles. The van der Waals surface area contributed by atoms with Crippen molar-refractivity contribution in [1.82, 2.24) is 10.2 Å². The Hall–Kier alpha value is -2.21. The number of hydrogen-bond donors (Lipinski definition) is 1. The summed E-state index contributed by atoms with van der Waals surface area (Å²) in [5.41, 5.74) is 2.11. The van der Waals surface area contributed by atoms with E-state index in [-0.39, 0.29) is 24.2 Å². The largest absolute Gasteiger partial charge is 0.350 e. The topological polar surface area (TPSA) is 49.4 Å². The lowest BCUT2D eigenvalue weighted by Gasteiger charge is -2.19. The first kappa shape index (κ1) is 18.6. The predicted octanol–water partition coefficient (Wildman–Crippen LogP) is 3.54. The first-order chi connectivity index (χ1) is 12.6. The van der Waals surface area contributed by atoms with Crippen molar-refractivity contribution in [2.24, 2.45) is 0 Å². The summed E-state index contributed by atoms with van der Waals surface area (Å²) < 4.78 is 12.9. The molecule has 0 unspecified atom stereocenters. The van der Waals surface area contributed by atoms with E-state index >= 15 is 0 Å². The summed E-state index contributed by atoms with van der Waals surface area (Å²) >= 11 is 1.57. The molecule has 3 rings (SSSR count). The van der Waals surface area contributed by atoms with Crippen molar-refractivity contribution < 1.29 is 14.0 Å². The fourth-order valence-electron chi connectivity index (χ4n) is 3.11. The Morgan fingerprint density at radius 2 is 1.92 bits per heavy atom. The van der Waals surface area contributed by atoms with Crippen LogP contribution in [0.1, 0.15) is 45.4 Å². The zero-order valence-corrected chi connectivity index (χ0v) is 15.7. The first-order valence-electron chi connectivity index (χ1n) is 8.99. The number of hydrogen-bond acceptors (Lipinski definition) is 3. The quantitative estimate of drug-likeness (QED) is 0.841. The van der Waals surface area contributed by atoms with Gasteiger partial charge in [-0.15, -0.1) is 11.3 Å². The summed E-state index contributed by atoms with van der Waals surface area (Å²) in [6, 6.07) is 7.99. The fourth-order valence-corrected chi connectivity index (χ4v) is 4.33. The highest BCUT2D eigenvalue weighted by Crippen LogP contribution is 2.30. The summed E-state index contributed by atoms with van der Waals surface area (Å²) in [6.07, 6.45) is 4.46. The predicted molar refractivity (Wildman–Crippen MR) is 101 cm³/mol. The van der Waals surface area contributed by atoms with E-state index in [1.165, 1.54) is 35.4 Å². The average Bonchev–Trinajstić information content (AvgIpc) is 3.09. The van der Waals surface area contributed by atoms with Gasteiger partial charge in [-0.25, -0.2) is 4.39 Å². The lowest BCUT2D eigenvalue weighted by molar-refractivity contribution is -0.121. The zero-order chi connectivity index (χ0) is 18.5. The van der Waals surface area contributed by atoms with Crippen molar-refractivity contribution in [3.63, 3.8) is 0 Å². The third-order valence-corrected chi connectivity index (χ3v) is 5.84. The van der Waals surface area contributed by atoms with Crippen LogP contribution < -0.4 is 5.32 Å². The van der Waals surface area contributed by atoms with E-state index in [1.807, 2.05) is 13.0 Å². The summed E-state index contributed by atoms with van der Waals surface area (Å²) in [7, 11) is 0. The number of carbonyl (C=O) groups is 2. The second-order valence-corrected chi connectivity index (χ2v) is 7.63. The normalized spacial score (nSPS) is 13.2. The number of benzene rings is 1. The van der Waals surface area contributed by atoms with Gasteiger partial charge in [-0.3, -0.25) is 9.59 Å².